The van der Waals surface area contributed by atoms with Crippen LogP contribution < -0.4 is 10.5 Å². The second-order valence-corrected chi connectivity index (χ2v) is 7.80. The predicted molar refractivity (Wildman–Crippen MR) is 115 cm³/mol. The van der Waals surface area contributed by atoms with E-state index in [1.54, 1.807) is 41.8 Å². The van der Waals surface area contributed by atoms with E-state index < -0.39 is 11.5 Å². The Labute approximate surface area is 176 Å². The maximum absolute atomic E-state index is 12.9. The number of para-hydroxylation sites is 1. The van der Waals surface area contributed by atoms with Gasteiger partial charge in [-0.2, -0.15) is 9.78 Å². The number of rotatable bonds is 4. The summed E-state index contributed by atoms with van der Waals surface area (Å²) >= 11 is 8.15. The molecule has 1 aliphatic heterocycles. The van der Waals surface area contributed by atoms with Gasteiger partial charge >= 0.3 is 5.97 Å². The Morgan fingerprint density at radius 1 is 1.21 bits per heavy atom. The molecule has 3 aromatic rings. The third-order valence-electron chi connectivity index (χ3n) is 4.83. The second kappa shape index (κ2) is 8.23. The molecule has 0 saturated heterocycles. The van der Waals surface area contributed by atoms with E-state index in [1.807, 2.05) is 11.0 Å². The molecule has 0 aliphatic carbocycles. The number of hydrogen-bond donors (Lipinski definition) is 0. The molecule has 0 radical (unpaired) electrons. The SMILES string of the molecule is COC(=O)c1ccccc1-n1ncc(N2CC=C(c3cccs3)CC2)c(Cl)c1=O. The van der Waals surface area contributed by atoms with Gasteiger partial charge in [-0.15, -0.1) is 11.3 Å². The summed E-state index contributed by atoms with van der Waals surface area (Å²) in [4.78, 5) is 28.3. The highest BCUT2D eigenvalue weighted by atomic mass is 35.5. The topological polar surface area (TPSA) is 64.4 Å². The lowest BCUT2D eigenvalue weighted by molar-refractivity contribution is 0.0600. The van der Waals surface area contributed by atoms with Crippen LogP contribution in [0.4, 0.5) is 5.69 Å². The molecule has 4 rings (SSSR count). The molecular weight excluding hydrogens is 410 g/mol. The van der Waals surface area contributed by atoms with Gasteiger partial charge in [0, 0.05) is 18.0 Å². The van der Waals surface area contributed by atoms with E-state index in [9.17, 15) is 9.59 Å². The molecule has 0 spiro atoms. The molecule has 3 heterocycles. The van der Waals surface area contributed by atoms with Crippen LogP contribution in [0.25, 0.3) is 11.3 Å². The van der Waals surface area contributed by atoms with E-state index in [-0.39, 0.29) is 10.6 Å². The fourth-order valence-corrected chi connectivity index (χ4v) is 4.38. The number of methoxy groups -OCH3 is 1. The number of nitrogens with zero attached hydrogens (tertiary/aromatic N) is 3. The van der Waals surface area contributed by atoms with E-state index in [4.69, 9.17) is 16.3 Å². The van der Waals surface area contributed by atoms with Gasteiger partial charge in [0.25, 0.3) is 5.56 Å². The molecule has 0 fully saturated rings. The van der Waals surface area contributed by atoms with E-state index in [0.717, 1.165) is 17.6 Å². The monoisotopic (exact) mass is 427 g/mol. The molecule has 0 unspecified atom stereocenters. The summed E-state index contributed by atoms with van der Waals surface area (Å²) in [5.74, 6) is -0.545. The third-order valence-corrected chi connectivity index (χ3v) is 6.13. The first kappa shape index (κ1) is 19.4. The van der Waals surface area contributed by atoms with Crippen molar-refractivity contribution in [3.63, 3.8) is 0 Å². The maximum Gasteiger partial charge on any atom is 0.340 e. The van der Waals surface area contributed by atoms with Crippen LogP contribution in [-0.2, 0) is 4.74 Å². The van der Waals surface area contributed by atoms with Crippen LogP contribution in [0, 0.1) is 0 Å². The van der Waals surface area contributed by atoms with Crippen molar-refractivity contribution in [3.8, 4) is 5.69 Å². The zero-order chi connectivity index (χ0) is 20.4. The largest absolute Gasteiger partial charge is 0.465 e. The molecule has 1 aromatic carbocycles. The summed E-state index contributed by atoms with van der Waals surface area (Å²) in [6.07, 6.45) is 4.59. The Morgan fingerprint density at radius 3 is 2.72 bits per heavy atom. The average Bonchev–Trinajstić information content (AvgIpc) is 3.30. The standard InChI is InChI=1S/C21H18ClN3O3S/c1-28-21(27)15-5-2-3-6-16(15)25-20(26)19(22)17(13-23-25)24-10-8-14(9-11-24)18-7-4-12-29-18/h2-8,12-13H,9-11H2,1H3. The van der Waals surface area contributed by atoms with Crippen LogP contribution in [0.1, 0.15) is 21.7 Å². The second-order valence-electron chi connectivity index (χ2n) is 6.47. The van der Waals surface area contributed by atoms with Gasteiger partial charge in [0.15, 0.2) is 0 Å². The van der Waals surface area contributed by atoms with E-state index in [2.05, 4.69) is 22.6 Å². The number of carbonyl (C=O) groups is 1. The van der Waals surface area contributed by atoms with Crippen molar-refractivity contribution in [2.45, 2.75) is 6.42 Å². The first-order valence-electron chi connectivity index (χ1n) is 9.03. The molecule has 1 aliphatic rings. The van der Waals surface area contributed by atoms with Gasteiger partial charge in [-0.3, -0.25) is 4.79 Å². The maximum atomic E-state index is 12.9. The number of benzene rings is 1. The van der Waals surface area contributed by atoms with Crippen molar-refractivity contribution in [1.82, 2.24) is 9.78 Å². The van der Waals surface area contributed by atoms with E-state index in [1.165, 1.54) is 17.6 Å². The van der Waals surface area contributed by atoms with Crippen molar-refractivity contribution < 1.29 is 9.53 Å². The molecule has 2 aromatic heterocycles. The van der Waals surface area contributed by atoms with Crippen molar-refractivity contribution in [3.05, 3.63) is 79.9 Å². The van der Waals surface area contributed by atoms with Crippen LogP contribution in [0.2, 0.25) is 5.02 Å². The number of aromatic nitrogens is 2. The molecule has 0 atom stereocenters. The highest BCUT2D eigenvalue weighted by molar-refractivity contribution is 7.11. The molecule has 8 heteroatoms. The molecule has 0 amide bonds. The summed E-state index contributed by atoms with van der Waals surface area (Å²) < 4.78 is 5.93. The predicted octanol–water partition coefficient (Wildman–Crippen LogP) is 4.03. The first-order chi connectivity index (χ1) is 14.1. The van der Waals surface area contributed by atoms with Crippen molar-refractivity contribution in [1.29, 1.82) is 0 Å². The molecular formula is C21H18ClN3O3S. The molecule has 29 heavy (non-hydrogen) atoms. The van der Waals surface area contributed by atoms with Gasteiger partial charge in [-0.05, 0) is 35.6 Å². The third kappa shape index (κ3) is 3.71. The summed E-state index contributed by atoms with van der Waals surface area (Å²) in [6.45, 7) is 1.39. The average molecular weight is 428 g/mol. The summed E-state index contributed by atoms with van der Waals surface area (Å²) in [7, 11) is 1.29. The van der Waals surface area contributed by atoms with Gasteiger partial charge in [-0.25, -0.2) is 4.79 Å². The van der Waals surface area contributed by atoms with Gasteiger partial charge in [0.1, 0.15) is 5.02 Å². The highest BCUT2D eigenvalue weighted by Gasteiger charge is 2.21. The number of esters is 1. The first-order valence-corrected chi connectivity index (χ1v) is 10.3. The Bertz CT molecular complexity index is 1140. The Balaban J connectivity index is 1.66. The van der Waals surface area contributed by atoms with E-state index in [0.29, 0.717) is 17.9 Å². The van der Waals surface area contributed by atoms with Crippen LogP contribution in [0.3, 0.4) is 0 Å². The summed E-state index contributed by atoms with van der Waals surface area (Å²) in [5.41, 5.74) is 1.99. The van der Waals surface area contributed by atoms with Crippen molar-refractivity contribution in [2.24, 2.45) is 0 Å². The lowest BCUT2D eigenvalue weighted by atomic mass is 10.1. The fourth-order valence-electron chi connectivity index (χ4n) is 3.33. The number of anilines is 1. The Morgan fingerprint density at radius 2 is 2.03 bits per heavy atom. The van der Waals surface area contributed by atoms with Gasteiger partial charge in [0.05, 0.1) is 30.2 Å². The molecule has 6 nitrogen and oxygen atoms in total. The number of thiophene rings is 1. The quantitative estimate of drug-likeness (QED) is 0.588. The van der Waals surface area contributed by atoms with E-state index >= 15 is 0 Å². The molecule has 148 valence electrons. The number of carbonyl (C=O) groups excluding carboxylic acids is 1. The molecule has 0 saturated carbocycles. The lowest BCUT2D eigenvalue weighted by Crippen LogP contribution is -2.32. The minimum Gasteiger partial charge on any atom is -0.465 e. The Kier molecular flexibility index (Phi) is 5.51. The Hall–Kier alpha value is -2.90. The molecule has 0 N–H and O–H groups in total. The van der Waals surface area contributed by atoms with Crippen LogP contribution in [-0.4, -0.2) is 35.9 Å². The van der Waals surface area contributed by atoms with Crippen LogP contribution in [0.15, 0.2) is 58.8 Å². The van der Waals surface area contributed by atoms with Crippen LogP contribution in [0.5, 0.6) is 0 Å². The van der Waals surface area contributed by atoms with Crippen LogP contribution >= 0.6 is 22.9 Å². The smallest absolute Gasteiger partial charge is 0.340 e. The van der Waals surface area contributed by atoms with Gasteiger partial charge < -0.3 is 9.64 Å². The van der Waals surface area contributed by atoms with Gasteiger partial charge in [-0.1, -0.05) is 35.9 Å². The van der Waals surface area contributed by atoms with Gasteiger partial charge in [0.2, 0.25) is 0 Å². The minimum absolute atomic E-state index is 0.0765. The molecule has 0 bridgehead atoms. The summed E-state index contributed by atoms with van der Waals surface area (Å²) in [6, 6.07) is 10.8. The highest BCUT2D eigenvalue weighted by Crippen LogP contribution is 2.30. The summed E-state index contributed by atoms with van der Waals surface area (Å²) in [5, 5.41) is 6.42. The van der Waals surface area contributed by atoms with Crippen molar-refractivity contribution in [2.75, 3.05) is 25.1 Å². The zero-order valence-electron chi connectivity index (χ0n) is 15.7. The number of hydrogen-bond acceptors (Lipinski definition) is 6. The minimum atomic E-state index is -0.545. The number of halogens is 1. The zero-order valence-corrected chi connectivity index (χ0v) is 17.2. The van der Waals surface area contributed by atoms with Crippen molar-refractivity contribution >= 4 is 40.2 Å². The lowest BCUT2D eigenvalue weighted by Gasteiger charge is -2.28. The fraction of sp³-hybridized carbons (Fsp3) is 0.190. The normalized spacial score (nSPS) is 13.9. The number of ether oxygens (including phenoxy) is 1.